The predicted molar refractivity (Wildman–Crippen MR) is 86.9 cm³/mol. The normalized spacial score (nSPS) is 13.3. The zero-order valence-electron chi connectivity index (χ0n) is 12.7. The maximum absolute atomic E-state index is 5.73. The minimum absolute atomic E-state index is 0.134. The van der Waals surface area contributed by atoms with Gasteiger partial charge in [-0.05, 0) is 40.7 Å². The average molecular weight is 268 g/mol. The first-order valence-corrected chi connectivity index (χ1v) is 7.18. The fraction of sp³-hybridized carbons (Fsp3) is 0.368. The van der Waals surface area contributed by atoms with E-state index >= 15 is 0 Å². The topological polar surface area (TPSA) is 9.23 Å². The van der Waals surface area contributed by atoms with Crippen molar-refractivity contribution in [2.24, 2.45) is 5.41 Å². The zero-order valence-corrected chi connectivity index (χ0v) is 12.7. The van der Waals surface area contributed by atoms with E-state index in [-0.39, 0.29) is 11.5 Å². The van der Waals surface area contributed by atoms with E-state index in [1.54, 1.807) is 7.11 Å². The number of fused-ring (bicyclic) bond motifs is 1. The van der Waals surface area contributed by atoms with E-state index < -0.39 is 0 Å². The van der Waals surface area contributed by atoms with E-state index in [1.165, 1.54) is 16.3 Å². The van der Waals surface area contributed by atoms with Crippen LogP contribution in [0.5, 0.6) is 0 Å². The molecule has 0 aliphatic heterocycles. The van der Waals surface area contributed by atoms with Crippen LogP contribution in [0.1, 0.15) is 38.4 Å². The Balaban J connectivity index is 2.27. The first kappa shape index (κ1) is 14.8. The summed E-state index contributed by atoms with van der Waals surface area (Å²) >= 11 is 0. The Morgan fingerprint density at radius 2 is 1.85 bits per heavy atom. The molecule has 2 aromatic carbocycles. The Kier molecular flexibility index (Phi) is 4.61. The number of allylic oxidation sites excluding steroid dienone is 1. The molecule has 0 unspecified atom stereocenters. The molecule has 0 heterocycles. The molecule has 0 saturated heterocycles. The second-order valence-electron chi connectivity index (χ2n) is 6.19. The summed E-state index contributed by atoms with van der Waals surface area (Å²) in [6.07, 6.45) is 4.12. The molecular formula is C19H24O. The Bertz CT molecular complexity index is 583. The van der Waals surface area contributed by atoms with Gasteiger partial charge < -0.3 is 4.74 Å². The molecule has 106 valence electrons. The fourth-order valence-electron chi connectivity index (χ4n) is 2.72. The van der Waals surface area contributed by atoms with Crippen molar-refractivity contribution < 1.29 is 4.74 Å². The lowest BCUT2D eigenvalue weighted by Crippen LogP contribution is -2.16. The van der Waals surface area contributed by atoms with Crippen LogP contribution in [-0.2, 0) is 4.74 Å². The van der Waals surface area contributed by atoms with Gasteiger partial charge in [0.2, 0.25) is 0 Å². The minimum atomic E-state index is 0.134. The van der Waals surface area contributed by atoms with Crippen LogP contribution >= 0.6 is 0 Å². The van der Waals surface area contributed by atoms with Crippen molar-refractivity contribution in [3.8, 4) is 0 Å². The van der Waals surface area contributed by atoms with E-state index in [0.717, 1.165) is 12.8 Å². The highest BCUT2D eigenvalue weighted by atomic mass is 16.5. The summed E-state index contributed by atoms with van der Waals surface area (Å²) in [7, 11) is 1.80. The molecule has 0 N–H and O–H groups in total. The van der Waals surface area contributed by atoms with Crippen LogP contribution in [0.2, 0.25) is 0 Å². The molecule has 0 aliphatic rings. The summed E-state index contributed by atoms with van der Waals surface area (Å²) in [6.45, 7) is 8.38. The van der Waals surface area contributed by atoms with Crippen molar-refractivity contribution in [1.29, 1.82) is 0 Å². The van der Waals surface area contributed by atoms with Crippen molar-refractivity contribution in [2.45, 2.75) is 32.8 Å². The van der Waals surface area contributed by atoms with Crippen LogP contribution in [0.15, 0.2) is 55.1 Å². The van der Waals surface area contributed by atoms with Gasteiger partial charge >= 0.3 is 0 Å². The van der Waals surface area contributed by atoms with Crippen LogP contribution in [-0.4, -0.2) is 7.11 Å². The lowest BCUT2D eigenvalue weighted by atomic mass is 9.81. The van der Waals surface area contributed by atoms with E-state index in [1.807, 2.05) is 6.08 Å². The lowest BCUT2D eigenvalue weighted by molar-refractivity contribution is 0.0619. The van der Waals surface area contributed by atoms with Gasteiger partial charge in [0.05, 0.1) is 6.10 Å². The molecule has 2 aromatic rings. The maximum atomic E-state index is 5.73. The van der Waals surface area contributed by atoms with Crippen molar-refractivity contribution >= 4 is 10.8 Å². The van der Waals surface area contributed by atoms with Crippen molar-refractivity contribution in [3.05, 3.63) is 60.7 Å². The summed E-state index contributed by atoms with van der Waals surface area (Å²) in [5.41, 5.74) is 1.46. The van der Waals surface area contributed by atoms with Crippen LogP contribution in [0.4, 0.5) is 0 Å². The summed E-state index contributed by atoms with van der Waals surface area (Å²) in [5.74, 6) is 0. The van der Waals surface area contributed by atoms with Crippen LogP contribution in [0.3, 0.4) is 0 Å². The van der Waals surface area contributed by atoms with Gasteiger partial charge in [-0.3, -0.25) is 0 Å². The Hall–Kier alpha value is -1.60. The summed E-state index contributed by atoms with van der Waals surface area (Å²) in [4.78, 5) is 0. The number of methoxy groups -OCH3 is 1. The molecule has 0 radical (unpaired) electrons. The van der Waals surface area contributed by atoms with E-state index in [4.69, 9.17) is 4.74 Å². The lowest BCUT2D eigenvalue weighted by Gasteiger charge is -2.28. The van der Waals surface area contributed by atoms with E-state index in [9.17, 15) is 0 Å². The third kappa shape index (κ3) is 3.49. The molecule has 0 amide bonds. The highest BCUT2D eigenvalue weighted by Gasteiger charge is 2.23. The van der Waals surface area contributed by atoms with Gasteiger partial charge in [-0.2, -0.15) is 0 Å². The van der Waals surface area contributed by atoms with Crippen LogP contribution in [0.25, 0.3) is 10.8 Å². The molecule has 0 aliphatic carbocycles. The second kappa shape index (κ2) is 6.23. The average Bonchev–Trinajstić information content (AvgIpc) is 2.44. The molecule has 1 atom stereocenters. The second-order valence-corrected chi connectivity index (χ2v) is 6.19. The molecule has 0 fully saturated rings. The summed E-state index contributed by atoms with van der Waals surface area (Å²) < 4.78 is 5.73. The number of rotatable bonds is 6. The molecule has 0 bridgehead atoms. The Morgan fingerprint density at radius 3 is 2.50 bits per heavy atom. The van der Waals surface area contributed by atoms with Crippen LogP contribution < -0.4 is 0 Å². The monoisotopic (exact) mass is 268 g/mol. The Morgan fingerprint density at radius 1 is 1.15 bits per heavy atom. The van der Waals surface area contributed by atoms with Gasteiger partial charge in [-0.1, -0.05) is 56.3 Å². The Labute approximate surface area is 122 Å². The van der Waals surface area contributed by atoms with Gasteiger partial charge in [-0.15, -0.1) is 6.58 Å². The number of benzene rings is 2. The molecule has 0 saturated carbocycles. The minimum Gasteiger partial charge on any atom is -0.377 e. The highest BCUT2D eigenvalue weighted by Crippen LogP contribution is 2.35. The molecule has 1 heteroatoms. The van der Waals surface area contributed by atoms with Crippen LogP contribution in [0, 0.1) is 5.41 Å². The quantitative estimate of drug-likeness (QED) is 0.627. The molecule has 0 spiro atoms. The number of hydrogen-bond acceptors (Lipinski definition) is 1. The standard InChI is InChI=1S/C19H24O/c1-5-12-19(2,3)14-18(20-4)17-11-10-15-8-6-7-9-16(15)13-17/h5-11,13,18H,1,12,14H2,2-4H3/t18-/m1/s1. The third-order valence-corrected chi connectivity index (χ3v) is 3.86. The fourth-order valence-corrected chi connectivity index (χ4v) is 2.72. The third-order valence-electron chi connectivity index (χ3n) is 3.86. The zero-order chi connectivity index (χ0) is 14.6. The van der Waals surface area contributed by atoms with Gasteiger partial charge in [0.15, 0.2) is 0 Å². The van der Waals surface area contributed by atoms with Gasteiger partial charge in [0.25, 0.3) is 0 Å². The van der Waals surface area contributed by atoms with Crippen molar-refractivity contribution in [2.75, 3.05) is 7.11 Å². The highest BCUT2D eigenvalue weighted by molar-refractivity contribution is 5.83. The summed E-state index contributed by atoms with van der Waals surface area (Å²) in [6, 6.07) is 15.0. The first-order valence-electron chi connectivity index (χ1n) is 7.18. The SMILES string of the molecule is C=CCC(C)(C)C[C@@H](OC)c1ccc2ccccc2c1. The van der Waals surface area contributed by atoms with Gasteiger partial charge in [0.1, 0.15) is 0 Å². The predicted octanol–water partition coefficient (Wildman–Crippen LogP) is 5.52. The van der Waals surface area contributed by atoms with E-state index in [2.05, 4.69) is 62.9 Å². The molecule has 20 heavy (non-hydrogen) atoms. The first-order chi connectivity index (χ1) is 9.55. The van der Waals surface area contributed by atoms with Gasteiger partial charge in [-0.25, -0.2) is 0 Å². The van der Waals surface area contributed by atoms with Crippen molar-refractivity contribution in [3.63, 3.8) is 0 Å². The smallest absolute Gasteiger partial charge is 0.0826 e. The maximum Gasteiger partial charge on any atom is 0.0826 e. The van der Waals surface area contributed by atoms with Gasteiger partial charge in [0, 0.05) is 7.11 Å². The number of hydrogen-bond donors (Lipinski definition) is 0. The number of ether oxygens (including phenoxy) is 1. The summed E-state index contributed by atoms with van der Waals surface area (Å²) in [5, 5.41) is 2.55. The molecule has 2 rings (SSSR count). The van der Waals surface area contributed by atoms with E-state index in [0.29, 0.717) is 0 Å². The molecule has 1 nitrogen and oxygen atoms in total. The van der Waals surface area contributed by atoms with Crippen molar-refractivity contribution in [1.82, 2.24) is 0 Å². The largest absolute Gasteiger partial charge is 0.377 e. The molecule has 0 aromatic heterocycles. The molecular weight excluding hydrogens is 244 g/mol.